The number of nitrogens with one attached hydrogen (secondary N) is 1. The van der Waals surface area contributed by atoms with Crippen LogP contribution >= 0.6 is 0 Å². The van der Waals surface area contributed by atoms with Crippen LogP contribution in [0.4, 0.5) is 0 Å². The maximum absolute atomic E-state index is 11.2. The monoisotopic (exact) mass is 243 g/mol. The van der Waals surface area contributed by atoms with E-state index >= 15 is 0 Å². The van der Waals surface area contributed by atoms with Gasteiger partial charge in [-0.25, -0.2) is 0 Å². The van der Waals surface area contributed by atoms with E-state index in [0.29, 0.717) is 6.04 Å². The van der Waals surface area contributed by atoms with Crippen molar-refractivity contribution in [3.63, 3.8) is 0 Å². The van der Waals surface area contributed by atoms with Crippen molar-refractivity contribution in [1.29, 1.82) is 0 Å². The quantitative estimate of drug-likeness (QED) is 0.694. The van der Waals surface area contributed by atoms with Gasteiger partial charge in [-0.05, 0) is 0 Å². The van der Waals surface area contributed by atoms with Gasteiger partial charge in [0.15, 0.2) is 0 Å². The van der Waals surface area contributed by atoms with Crippen molar-refractivity contribution >= 4 is 5.91 Å². The Hall–Kier alpha value is -0.610. The van der Waals surface area contributed by atoms with E-state index in [9.17, 15) is 4.79 Å². The van der Waals surface area contributed by atoms with Crippen molar-refractivity contribution in [3.8, 4) is 0 Å². The summed E-state index contributed by atoms with van der Waals surface area (Å²) in [7, 11) is 0. The Morgan fingerprint density at radius 1 is 1.12 bits per heavy atom. The topological polar surface area (TPSA) is 35.6 Å². The Bertz CT molecular complexity index is 209. The lowest BCUT2D eigenvalue weighted by atomic mass is 10.1. The molecule has 2 heterocycles. The zero-order valence-corrected chi connectivity index (χ0v) is 12.1. The zero-order valence-electron chi connectivity index (χ0n) is 12.1. The predicted octanol–water partition coefficient (Wildman–Crippen LogP) is 1.17. The maximum atomic E-state index is 11.2. The standard InChI is InChI=1S/C9H17N3O.2C2H6/c1-8(13)12-5-4-11-3-2-10-6-9(11)7-12;2*1-2/h9-10H,2-7H2,1H3;2*1-2H3. The fourth-order valence-electron chi connectivity index (χ4n) is 2.16. The number of piperazine rings is 2. The average Bonchev–Trinajstić information content (AvgIpc) is 2.42. The molecule has 4 heteroatoms. The average molecular weight is 243 g/mol. The SMILES string of the molecule is CC.CC.CC(=O)N1CCN2CCNCC2C1. The first-order valence-electron chi connectivity index (χ1n) is 6.97. The first kappa shape index (κ1) is 16.4. The molecule has 4 nitrogen and oxygen atoms in total. The third-order valence-corrected chi connectivity index (χ3v) is 3.01. The minimum atomic E-state index is 0.213. The van der Waals surface area contributed by atoms with Gasteiger partial charge in [0, 0.05) is 52.2 Å². The fraction of sp³-hybridized carbons (Fsp3) is 0.923. The molecule has 2 aliphatic heterocycles. The molecule has 2 aliphatic rings. The van der Waals surface area contributed by atoms with Crippen LogP contribution in [0.2, 0.25) is 0 Å². The summed E-state index contributed by atoms with van der Waals surface area (Å²) in [5.41, 5.74) is 0. The van der Waals surface area contributed by atoms with Gasteiger partial charge in [0.1, 0.15) is 0 Å². The van der Waals surface area contributed by atoms with Gasteiger partial charge < -0.3 is 10.2 Å². The molecule has 102 valence electrons. The smallest absolute Gasteiger partial charge is 0.219 e. The van der Waals surface area contributed by atoms with E-state index in [1.54, 1.807) is 6.92 Å². The van der Waals surface area contributed by atoms with Gasteiger partial charge in [0.2, 0.25) is 5.91 Å². The van der Waals surface area contributed by atoms with Gasteiger partial charge in [-0.1, -0.05) is 27.7 Å². The van der Waals surface area contributed by atoms with Crippen LogP contribution in [0.15, 0.2) is 0 Å². The Balaban J connectivity index is 0.000000581. The molecular formula is C13H29N3O. The summed E-state index contributed by atoms with van der Waals surface area (Å²) in [6.45, 7) is 15.8. The minimum Gasteiger partial charge on any atom is -0.340 e. The fourth-order valence-corrected chi connectivity index (χ4v) is 2.16. The molecule has 0 radical (unpaired) electrons. The van der Waals surface area contributed by atoms with Crippen molar-refractivity contribution in [3.05, 3.63) is 0 Å². The lowest BCUT2D eigenvalue weighted by Gasteiger charge is -2.43. The summed E-state index contributed by atoms with van der Waals surface area (Å²) in [5.74, 6) is 0.213. The van der Waals surface area contributed by atoms with Gasteiger partial charge in [0.05, 0.1) is 0 Å². The van der Waals surface area contributed by atoms with Crippen molar-refractivity contribution in [2.24, 2.45) is 0 Å². The van der Waals surface area contributed by atoms with E-state index in [1.807, 2.05) is 32.6 Å². The number of fused-ring (bicyclic) bond motifs is 1. The molecule has 0 bridgehead atoms. The molecule has 0 aromatic heterocycles. The number of hydrogen-bond acceptors (Lipinski definition) is 3. The molecule has 0 aromatic rings. The number of carbonyl (C=O) groups is 1. The Morgan fingerprint density at radius 3 is 2.35 bits per heavy atom. The molecule has 2 saturated heterocycles. The van der Waals surface area contributed by atoms with Gasteiger partial charge in [-0.3, -0.25) is 9.69 Å². The second-order valence-electron chi connectivity index (χ2n) is 3.86. The summed E-state index contributed by atoms with van der Waals surface area (Å²) in [4.78, 5) is 15.6. The lowest BCUT2D eigenvalue weighted by Crippen LogP contribution is -2.61. The van der Waals surface area contributed by atoms with E-state index in [0.717, 1.165) is 39.3 Å². The number of rotatable bonds is 0. The highest BCUT2D eigenvalue weighted by atomic mass is 16.2. The van der Waals surface area contributed by atoms with Gasteiger partial charge in [0.25, 0.3) is 0 Å². The van der Waals surface area contributed by atoms with Crippen LogP contribution in [0.1, 0.15) is 34.6 Å². The van der Waals surface area contributed by atoms with E-state index in [2.05, 4.69) is 10.2 Å². The van der Waals surface area contributed by atoms with Crippen LogP contribution in [0.3, 0.4) is 0 Å². The third kappa shape index (κ3) is 5.04. The van der Waals surface area contributed by atoms with Crippen LogP contribution in [-0.2, 0) is 4.79 Å². The van der Waals surface area contributed by atoms with Crippen LogP contribution < -0.4 is 5.32 Å². The molecular weight excluding hydrogens is 214 g/mol. The number of amides is 1. The lowest BCUT2D eigenvalue weighted by molar-refractivity contribution is -0.132. The Labute approximate surface area is 106 Å². The van der Waals surface area contributed by atoms with E-state index < -0.39 is 0 Å². The van der Waals surface area contributed by atoms with E-state index in [1.165, 1.54) is 0 Å². The maximum Gasteiger partial charge on any atom is 0.219 e. The second kappa shape index (κ2) is 9.42. The molecule has 1 atom stereocenters. The van der Waals surface area contributed by atoms with Crippen molar-refractivity contribution in [2.75, 3.05) is 39.3 Å². The van der Waals surface area contributed by atoms with Gasteiger partial charge in [-0.15, -0.1) is 0 Å². The molecule has 0 spiro atoms. The summed E-state index contributed by atoms with van der Waals surface area (Å²) >= 11 is 0. The molecule has 2 rings (SSSR count). The highest BCUT2D eigenvalue weighted by molar-refractivity contribution is 5.73. The zero-order chi connectivity index (χ0) is 13.3. The Morgan fingerprint density at radius 2 is 1.76 bits per heavy atom. The van der Waals surface area contributed by atoms with Gasteiger partial charge in [-0.2, -0.15) is 0 Å². The second-order valence-corrected chi connectivity index (χ2v) is 3.86. The van der Waals surface area contributed by atoms with Crippen LogP contribution in [-0.4, -0.2) is 61.0 Å². The van der Waals surface area contributed by atoms with Crippen LogP contribution in [0, 0.1) is 0 Å². The molecule has 1 amide bonds. The molecule has 0 aromatic carbocycles. The minimum absolute atomic E-state index is 0.213. The number of nitrogens with zero attached hydrogens (tertiary/aromatic N) is 2. The third-order valence-electron chi connectivity index (χ3n) is 3.01. The highest BCUT2D eigenvalue weighted by Gasteiger charge is 2.29. The molecule has 1 unspecified atom stereocenters. The molecule has 17 heavy (non-hydrogen) atoms. The molecule has 2 fully saturated rings. The Kier molecular flexibility index (Phi) is 9.09. The van der Waals surface area contributed by atoms with Crippen molar-refractivity contribution in [2.45, 2.75) is 40.7 Å². The van der Waals surface area contributed by atoms with Crippen molar-refractivity contribution < 1.29 is 4.79 Å². The predicted molar refractivity (Wildman–Crippen MR) is 73.2 cm³/mol. The van der Waals surface area contributed by atoms with Crippen molar-refractivity contribution in [1.82, 2.24) is 15.1 Å². The summed E-state index contributed by atoms with van der Waals surface area (Å²) in [5, 5.41) is 3.36. The first-order valence-corrected chi connectivity index (χ1v) is 6.97. The largest absolute Gasteiger partial charge is 0.340 e. The van der Waals surface area contributed by atoms with Gasteiger partial charge >= 0.3 is 0 Å². The highest BCUT2D eigenvalue weighted by Crippen LogP contribution is 2.11. The first-order chi connectivity index (χ1) is 8.27. The van der Waals surface area contributed by atoms with Crippen LogP contribution in [0.25, 0.3) is 0 Å². The normalized spacial score (nSPS) is 23.6. The summed E-state index contributed by atoms with van der Waals surface area (Å²) in [6, 6.07) is 0.548. The molecule has 1 N–H and O–H groups in total. The summed E-state index contributed by atoms with van der Waals surface area (Å²) in [6.07, 6.45) is 0. The number of carbonyl (C=O) groups excluding carboxylic acids is 1. The van der Waals surface area contributed by atoms with Crippen LogP contribution in [0.5, 0.6) is 0 Å². The molecule has 0 saturated carbocycles. The van der Waals surface area contributed by atoms with E-state index in [4.69, 9.17) is 0 Å². The molecule has 0 aliphatic carbocycles. The van der Waals surface area contributed by atoms with E-state index in [-0.39, 0.29) is 5.91 Å². The number of hydrogen-bond donors (Lipinski definition) is 1. The summed E-state index contributed by atoms with van der Waals surface area (Å²) < 4.78 is 0.